The van der Waals surface area contributed by atoms with Gasteiger partial charge in [-0.3, -0.25) is 4.79 Å². The molecular weight excluding hydrogens is 506 g/mol. The Hall–Kier alpha value is -4.82. The van der Waals surface area contributed by atoms with Crippen LogP contribution in [-0.2, 0) is 0 Å². The van der Waals surface area contributed by atoms with Crippen molar-refractivity contribution in [1.29, 1.82) is 0 Å². The van der Waals surface area contributed by atoms with Crippen molar-refractivity contribution >= 4 is 22.4 Å². The molecule has 7 nitrogen and oxygen atoms in total. The van der Waals surface area contributed by atoms with Crippen molar-refractivity contribution in [3.05, 3.63) is 123 Å². The summed E-state index contributed by atoms with van der Waals surface area (Å²) in [4.78, 5) is 18.5. The molecule has 0 aliphatic heterocycles. The summed E-state index contributed by atoms with van der Waals surface area (Å²) in [6, 6.07) is 23.7. The minimum absolute atomic E-state index is 0.204. The third kappa shape index (κ3) is 4.78. The van der Waals surface area contributed by atoms with Crippen LogP contribution in [0.3, 0.4) is 0 Å². The van der Waals surface area contributed by atoms with E-state index in [1.165, 1.54) is 15.9 Å². The highest BCUT2D eigenvalue weighted by Gasteiger charge is 2.16. The van der Waals surface area contributed by atoms with E-state index in [1.54, 1.807) is 6.08 Å². The fourth-order valence-corrected chi connectivity index (χ4v) is 5.26. The van der Waals surface area contributed by atoms with Gasteiger partial charge in [0.2, 0.25) is 4.96 Å². The molecular formula is C31H25N5O2S. The second-order valence-corrected chi connectivity index (χ2v) is 10.2. The highest BCUT2D eigenvalue weighted by atomic mass is 32.1. The minimum Gasteiger partial charge on any atom is -0.490 e. The van der Waals surface area contributed by atoms with Crippen molar-refractivity contribution in [3.63, 3.8) is 0 Å². The van der Waals surface area contributed by atoms with Crippen molar-refractivity contribution in [1.82, 2.24) is 24.4 Å². The van der Waals surface area contributed by atoms with Crippen LogP contribution in [0.1, 0.15) is 16.7 Å². The Bertz CT molecular complexity index is 1920. The van der Waals surface area contributed by atoms with Gasteiger partial charge in [-0.1, -0.05) is 72.0 Å². The maximum atomic E-state index is 13.4. The van der Waals surface area contributed by atoms with E-state index in [0.717, 1.165) is 44.9 Å². The monoisotopic (exact) mass is 531 g/mol. The molecule has 0 unspecified atom stereocenters. The summed E-state index contributed by atoms with van der Waals surface area (Å²) < 4.78 is 9.46. The number of hydrogen-bond acceptors (Lipinski definition) is 6. The molecule has 192 valence electrons. The van der Waals surface area contributed by atoms with Gasteiger partial charge in [0.25, 0.3) is 5.56 Å². The van der Waals surface area contributed by atoms with E-state index in [0.29, 0.717) is 21.9 Å². The number of thiazole rings is 1. The van der Waals surface area contributed by atoms with E-state index in [2.05, 4.69) is 16.7 Å². The Balaban J connectivity index is 1.46. The van der Waals surface area contributed by atoms with Crippen LogP contribution in [-0.4, -0.2) is 31.0 Å². The van der Waals surface area contributed by atoms with E-state index in [-0.39, 0.29) is 5.56 Å². The van der Waals surface area contributed by atoms with Crippen LogP contribution in [0.4, 0.5) is 0 Å². The van der Waals surface area contributed by atoms with Crippen molar-refractivity contribution in [2.45, 2.75) is 13.8 Å². The lowest BCUT2D eigenvalue weighted by Gasteiger charge is -2.08. The highest BCUT2D eigenvalue weighted by molar-refractivity contribution is 7.15. The summed E-state index contributed by atoms with van der Waals surface area (Å²) in [6.45, 7) is 8.20. The molecule has 0 saturated heterocycles. The molecule has 3 aromatic carbocycles. The average molecular weight is 532 g/mol. The fraction of sp³-hybridized carbons (Fsp3) is 0.0968. The van der Waals surface area contributed by atoms with Gasteiger partial charge in [0, 0.05) is 22.9 Å². The first kappa shape index (κ1) is 24.5. The normalized spacial score (nSPS) is 11.8. The van der Waals surface area contributed by atoms with Gasteiger partial charge in [-0.2, -0.15) is 14.6 Å². The van der Waals surface area contributed by atoms with Crippen molar-refractivity contribution in [3.8, 4) is 34.1 Å². The Kier molecular flexibility index (Phi) is 6.38. The number of aryl methyl sites for hydroxylation is 2. The standard InChI is InChI=1S/C31H25N5O2S/c1-4-16-38-25-14-15-26(21(3)17-25)28-23(19-35(33-28)24-8-6-5-7-9-24)18-27-30(37)36-31(39-27)32-29(34-36)22-12-10-20(2)11-13-22/h4-15,17-19H,1,16H2,2-3H3. The number of rotatable bonds is 7. The molecule has 39 heavy (non-hydrogen) atoms. The zero-order chi connectivity index (χ0) is 26.9. The molecule has 6 rings (SSSR count). The molecule has 0 aliphatic rings. The van der Waals surface area contributed by atoms with Crippen molar-refractivity contribution < 1.29 is 4.74 Å². The summed E-state index contributed by atoms with van der Waals surface area (Å²) in [5, 5.41) is 9.42. The van der Waals surface area contributed by atoms with Crippen LogP contribution in [0.25, 0.3) is 39.4 Å². The maximum Gasteiger partial charge on any atom is 0.291 e. The van der Waals surface area contributed by atoms with Gasteiger partial charge in [0.15, 0.2) is 5.82 Å². The lowest BCUT2D eigenvalue weighted by molar-refractivity contribution is 0.363. The smallest absolute Gasteiger partial charge is 0.291 e. The number of aromatic nitrogens is 5. The number of hydrogen-bond donors (Lipinski definition) is 0. The van der Waals surface area contributed by atoms with Crippen LogP contribution < -0.4 is 14.8 Å². The largest absolute Gasteiger partial charge is 0.490 e. The fourth-order valence-electron chi connectivity index (χ4n) is 4.36. The van der Waals surface area contributed by atoms with Crippen LogP contribution in [0.15, 0.2) is 96.4 Å². The Morgan fingerprint density at radius 2 is 1.79 bits per heavy atom. The van der Waals surface area contributed by atoms with Crippen molar-refractivity contribution in [2.75, 3.05) is 6.61 Å². The van der Waals surface area contributed by atoms with Gasteiger partial charge in [0.1, 0.15) is 18.1 Å². The summed E-state index contributed by atoms with van der Waals surface area (Å²) in [6.07, 6.45) is 5.53. The van der Waals surface area contributed by atoms with Crippen molar-refractivity contribution in [2.24, 2.45) is 0 Å². The summed E-state index contributed by atoms with van der Waals surface area (Å²) in [5.41, 5.74) is 6.31. The minimum atomic E-state index is -0.204. The quantitative estimate of drug-likeness (QED) is 0.258. The molecule has 3 aromatic heterocycles. The van der Waals surface area contributed by atoms with Crippen LogP contribution in [0, 0.1) is 13.8 Å². The number of fused-ring (bicyclic) bond motifs is 1. The van der Waals surface area contributed by atoms with Gasteiger partial charge in [-0.25, -0.2) is 4.68 Å². The lowest BCUT2D eigenvalue weighted by Crippen LogP contribution is -2.23. The molecule has 0 spiro atoms. The third-order valence-corrected chi connectivity index (χ3v) is 7.32. The summed E-state index contributed by atoms with van der Waals surface area (Å²) >= 11 is 1.32. The first-order valence-corrected chi connectivity index (χ1v) is 13.3. The van der Waals surface area contributed by atoms with Gasteiger partial charge in [0.05, 0.1) is 10.2 Å². The number of nitrogens with zero attached hydrogens (tertiary/aromatic N) is 5. The molecule has 0 fully saturated rings. The third-order valence-electron chi connectivity index (χ3n) is 6.36. The van der Waals surface area contributed by atoms with Gasteiger partial charge in [-0.15, -0.1) is 5.10 Å². The van der Waals surface area contributed by atoms with E-state index in [1.807, 2.05) is 104 Å². The zero-order valence-electron chi connectivity index (χ0n) is 21.5. The average Bonchev–Trinajstić information content (AvgIpc) is 3.64. The second-order valence-electron chi connectivity index (χ2n) is 9.20. The lowest BCUT2D eigenvalue weighted by atomic mass is 10.0. The predicted molar refractivity (Wildman–Crippen MR) is 156 cm³/mol. The first-order valence-electron chi connectivity index (χ1n) is 12.5. The molecule has 6 aromatic rings. The predicted octanol–water partition coefficient (Wildman–Crippen LogP) is 5.40. The topological polar surface area (TPSA) is 74.3 Å². The number of ether oxygens (including phenoxy) is 1. The molecule has 0 amide bonds. The highest BCUT2D eigenvalue weighted by Crippen LogP contribution is 2.30. The summed E-state index contributed by atoms with van der Waals surface area (Å²) in [7, 11) is 0. The second kappa shape index (κ2) is 10.2. The molecule has 0 radical (unpaired) electrons. The van der Waals surface area contributed by atoms with Crippen LogP contribution >= 0.6 is 11.3 Å². The number of benzene rings is 3. The van der Waals surface area contributed by atoms with Gasteiger partial charge >= 0.3 is 0 Å². The molecule has 3 heterocycles. The van der Waals surface area contributed by atoms with E-state index < -0.39 is 0 Å². The molecule has 0 aliphatic carbocycles. The van der Waals surface area contributed by atoms with Crippen LogP contribution in [0.2, 0.25) is 0 Å². The summed E-state index contributed by atoms with van der Waals surface area (Å²) in [5.74, 6) is 1.30. The molecule has 8 heteroatoms. The van der Waals surface area contributed by atoms with E-state index in [9.17, 15) is 4.79 Å². The Morgan fingerprint density at radius 3 is 2.51 bits per heavy atom. The maximum absolute atomic E-state index is 13.4. The van der Waals surface area contributed by atoms with Gasteiger partial charge < -0.3 is 4.74 Å². The first-order chi connectivity index (χ1) is 19.0. The van der Waals surface area contributed by atoms with E-state index in [4.69, 9.17) is 9.84 Å². The molecule has 0 saturated carbocycles. The number of para-hydroxylation sites is 1. The zero-order valence-corrected chi connectivity index (χ0v) is 22.4. The molecule has 0 atom stereocenters. The Morgan fingerprint density at radius 1 is 1.00 bits per heavy atom. The van der Waals surface area contributed by atoms with Gasteiger partial charge in [-0.05, 0) is 55.8 Å². The van der Waals surface area contributed by atoms with E-state index >= 15 is 0 Å². The SMILES string of the molecule is C=CCOc1ccc(-c2nn(-c3ccccc3)cc2C=c2sc3nc(-c4ccc(C)cc4)nn3c2=O)c(C)c1. The Labute approximate surface area is 229 Å². The van der Waals surface area contributed by atoms with Crippen LogP contribution in [0.5, 0.6) is 5.75 Å². The molecule has 0 N–H and O–H groups in total. The molecule has 0 bridgehead atoms.